The topological polar surface area (TPSA) is 26.2 Å². The van der Waals surface area contributed by atoms with E-state index < -0.39 is 0 Å². The summed E-state index contributed by atoms with van der Waals surface area (Å²) in [7, 11) is 0. The first-order valence-electron chi connectivity index (χ1n) is 30.8. The van der Waals surface area contributed by atoms with Crippen LogP contribution in [0.4, 0.5) is 34.1 Å². The Morgan fingerprint density at radius 1 is 0.144 bits per heavy atom. The third kappa shape index (κ3) is 8.19. The molecule has 0 N–H and O–H groups in total. The van der Waals surface area contributed by atoms with Gasteiger partial charge in [0.15, 0.2) is 0 Å². The highest BCUT2D eigenvalue weighted by atomic mass is 15.2. The van der Waals surface area contributed by atoms with Crippen molar-refractivity contribution in [3.05, 3.63) is 340 Å². The van der Waals surface area contributed by atoms with Crippen LogP contribution < -0.4 is 9.80 Å². The van der Waals surface area contributed by atoms with Crippen LogP contribution >= 0.6 is 0 Å². The summed E-state index contributed by atoms with van der Waals surface area (Å²) in [5.74, 6) is 0. The predicted molar refractivity (Wildman–Crippen MR) is 379 cm³/mol. The lowest BCUT2D eigenvalue weighted by Crippen LogP contribution is -2.10. The summed E-state index contributed by atoms with van der Waals surface area (Å²) in [6, 6.07) is 124. The van der Waals surface area contributed by atoms with Crippen molar-refractivity contribution in [2.45, 2.75) is 0 Å². The Labute approximate surface area is 520 Å². The summed E-state index contributed by atoms with van der Waals surface area (Å²) in [5.41, 5.74) is 22.6. The third-order valence-corrected chi connectivity index (χ3v) is 18.4. The van der Waals surface area contributed by atoms with Crippen molar-refractivity contribution < 1.29 is 0 Å². The second kappa shape index (κ2) is 20.8. The summed E-state index contributed by atoms with van der Waals surface area (Å²) < 4.78 is 9.52. The standard InChI is InChI=1S/C84H56N6/c1-9-25-77-69(17-1)70-18-2-10-26-78(70)87(77)65-49-41-61(42-50-65)85(62-43-51-66(52-44-62)88-79-27-11-3-19-71(79)72-20-4-12-28-80(72)88)59-37-33-57(34-38-59)58-35-39-60(40-36-58)86(63-45-53-67(54-46-63)89-81-29-13-5-21-73(81)74-22-6-14-30-82(74)89)64-47-55-68(56-48-64)90-83-31-15-7-23-75(83)76-24-8-16-32-84(76)90/h1-56H. The fourth-order valence-corrected chi connectivity index (χ4v) is 14.3. The Morgan fingerprint density at radius 2 is 0.289 bits per heavy atom. The molecule has 18 rings (SSSR count). The first-order valence-corrected chi connectivity index (χ1v) is 30.8. The van der Waals surface area contributed by atoms with Crippen molar-refractivity contribution in [1.82, 2.24) is 18.3 Å². The van der Waals surface area contributed by atoms with E-state index in [2.05, 4.69) is 368 Å². The molecule has 6 heteroatoms. The minimum absolute atomic E-state index is 1.06. The van der Waals surface area contributed by atoms with Gasteiger partial charge in [0.2, 0.25) is 0 Å². The van der Waals surface area contributed by atoms with Crippen molar-refractivity contribution in [1.29, 1.82) is 0 Å². The van der Waals surface area contributed by atoms with Crippen LogP contribution in [0.5, 0.6) is 0 Å². The second-order valence-electron chi connectivity index (χ2n) is 23.3. The highest BCUT2D eigenvalue weighted by Crippen LogP contribution is 2.43. The number of anilines is 6. The van der Waals surface area contributed by atoms with Gasteiger partial charge in [0, 0.05) is 100.0 Å². The van der Waals surface area contributed by atoms with Crippen molar-refractivity contribution >= 4 is 121 Å². The zero-order valence-corrected chi connectivity index (χ0v) is 49.0. The van der Waals surface area contributed by atoms with Crippen LogP contribution in [0, 0.1) is 0 Å². The average Bonchev–Trinajstić information content (AvgIpc) is 1.98. The van der Waals surface area contributed by atoms with Crippen molar-refractivity contribution in [2.24, 2.45) is 0 Å². The van der Waals surface area contributed by atoms with Crippen LogP contribution in [-0.4, -0.2) is 18.3 Å². The molecule has 0 unspecified atom stereocenters. The molecule has 0 radical (unpaired) electrons. The SMILES string of the molecule is c1ccc2c(c1)c1ccccc1n2-c1ccc(N(c2ccc(-c3ccc(N(c4ccc(-n5c6ccccc6c6ccccc65)cc4)c4ccc(-n5c6ccccc6c6ccccc65)cc4)cc3)cc2)c2ccc(-n3c4ccccc4c4ccccc43)cc2)cc1. The molecule has 0 amide bonds. The highest BCUT2D eigenvalue weighted by molar-refractivity contribution is 6.12. The van der Waals surface area contributed by atoms with Gasteiger partial charge in [-0.1, -0.05) is 170 Å². The largest absolute Gasteiger partial charge is 0.311 e. The van der Waals surface area contributed by atoms with Gasteiger partial charge in [0.1, 0.15) is 0 Å². The number of rotatable bonds is 11. The first kappa shape index (κ1) is 51.1. The second-order valence-corrected chi connectivity index (χ2v) is 23.3. The lowest BCUT2D eigenvalue weighted by Gasteiger charge is -2.27. The molecule has 422 valence electrons. The molecule has 0 atom stereocenters. The summed E-state index contributed by atoms with van der Waals surface area (Å²) in [6.07, 6.45) is 0. The molecule has 6 nitrogen and oxygen atoms in total. The fourth-order valence-electron chi connectivity index (χ4n) is 14.3. The Hall–Kier alpha value is -12.1. The molecule has 0 fully saturated rings. The van der Waals surface area contributed by atoms with E-state index in [0.717, 1.165) is 68.0 Å². The van der Waals surface area contributed by atoms with Gasteiger partial charge in [-0.3, -0.25) is 0 Å². The Morgan fingerprint density at radius 3 is 0.456 bits per heavy atom. The quantitative estimate of drug-likeness (QED) is 0.129. The van der Waals surface area contributed by atoms with Gasteiger partial charge in [0.25, 0.3) is 0 Å². The Kier molecular flexibility index (Phi) is 11.8. The van der Waals surface area contributed by atoms with E-state index in [1.807, 2.05) is 0 Å². The van der Waals surface area contributed by atoms with Gasteiger partial charge in [-0.05, 0) is 181 Å². The molecule has 90 heavy (non-hydrogen) atoms. The van der Waals surface area contributed by atoms with Gasteiger partial charge in [-0.2, -0.15) is 0 Å². The number of para-hydroxylation sites is 8. The molecular formula is C84H56N6. The van der Waals surface area contributed by atoms with E-state index in [9.17, 15) is 0 Å². The molecule has 0 bridgehead atoms. The maximum absolute atomic E-state index is 2.38. The molecule has 0 spiro atoms. The van der Waals surface area contributed by atoms with Gasteiger partial charge in [-0.25, -0.2) is 0 Å². The lowest BCUT2D eigenvalue weighted by atomic mass is 10.0. The Bertz CT molecular complexity index is 4860. The summed E-state index contributed by atoms with van der Waals surface area (Å²) in [4.78, 5) is 4.74. The van der Waals surface area contributed by atoms with E-state index in [4.69, 9.17) is 0 Å². The van der Waals surface area contributed by atoms with E-state index in [-0.39, 0.29) is 0 Å². The minimum Gasteiger partial charge on any atom is -0.311 e. The minimum atomic E-state index is 1.06. The van der Waals surface area contributed by atoms with Crippen molar-refractivity contribution in [3.63, 3.8) is 0 Å². The summed E-state index contributed by atoms with van der Waals surface area (Å²) in [5, 5.41) is 9.98. The van der Waals surface area contributed by atoms with Crippen LogP contribution in [0.3, 0.4) is 0 Å². The number of fused-ring (bicyclic) bond motifs is 12. The number of aromatic nitrogens is 4. The molecule has 0 aliphatic carbocycles. The van der Waals surface area contributed by atoms with Crippen LogP contribution in [0.2, 0.25) is 0 Å². The zero-order chi connectivity index (χ0) is 59.2. The maximum atomic E-state index is 2.38. The molecule has 0 saturated heterocycles. The van der Waals surface area contributed by atoms with Crippen LogP contribution in [0.1, 0.15) is 0 Å². The fraction of sp³-hybridized carbons (Fsp3) is 0. The van der Waals surface area contributed by atoms with Crippen molar-refractivity contribution in [2.75, 3.05) is 9.80 Å². The monoisotopic (exact) mass is 1150 g/mol. The van der Waals surface area contributed by atoms with Crippen molar-refractivity contribution in [3.8, 4) is 33.9 Å². The van der Waals surface area contributed by atoms with Gasteiger partial charge in [-0.15, -0.1) is 0 Å². The highest BCUT2D eigenvalue weighted by Gasteiger charge is 2.21. The summed E-state index contributed by atoms with van der Waals surface area (Å²) in [6.45, 7) is 0. The summed E-state index contributed by atoms with van der Waals surface area (Å²) >= 11 is 0. The molecule has 14 aromatic carbocycles. The number of hydrogen-bond donors (Lipinski definition) is 0. The molecule has 18 aromatic rings. The first-order chi connectivity index (χ1) is 44.7. The molecule has 0 saturated carbocycles. The predicted octanol–water partition coefficient (Wildman–Crippen LogP) is 22.7. The molecule has 4 heterocycles. The van der Waals surface area contributed by atoms with Crippen LogP contribution in [-0.2, 0) is 0 Å². The maximum Gasteiger partial charge on any atom is 0.0541 e. The normalized spacial score (nSPS) is 11.8. The van der Waals surface area contributed by atoms with Gasteiger partial charge >= 0.3 is 0 Å². The van der Waals surface area contributed by atoms with Crippen LogP contribution in [0.25, 0.3) is 121 Å². The average molecular weight is 1150 g/mol. The number of benzene rings is 14. The Balaban J connectivity index is 0.711. The van der Waals surface area contributed by atoms with Gasteiger partial charge < -0.3 is 28.1 Å². The lowest BCUT2D eigenvalue weighted by molar-refractivity contribution is 1.17. The zero-order valence-electron chi connectivity index (χ0n) is 49.0. The molecule has 4 aromatic heterocycles. The number of nitrogens with zero attached hydrogens (tertiary/aromatic N) is 6. The third-order valence-electron chi connectivity index (χ3n) is 18.4. The van der Waals surface area contributed by atoms with Gasteiger partial charge in [0.05, 0.1) is 44.1 Å². The molecule has 0 aliphatic heterocycles. The van der Waals surface area contributed by atoms with Crippen LogP contribution in [0.15, 0.2) is 340 Å². The molecule has 0 aliphatic rings. The van der Waals surface area contributed by atoms with E-state index in [1.54, 1.807) is 0 Å². The van der Waals surface area contributed by atoms with E-state index in [0.29, 0.717) is 0 Å². The van der Waals surface area contributed by atoms with E-state index >= 15 is 0 Å². The smallest absolute Gasteiger partial charge is 0.0541 e. The molecular weight excluding hydrogens is 1090 g/mol. The number of hydrogen-bond acceptors (Lipinski definition) is 2. The van der Waals surface area contributed by atoms with E-state index in [1.165, 1.54) is 87.2 Å².